The summed E-state index contributed by atoms with van der Waals surface area (Å²) in [5.41, 5.74) is 0. The van der Waals surface area contributed by atoms with Crippen LogP contribution in [-0.2, 0) is 28.6 Å². The summed E-state index contributed by atoms with van der Waals surface area (Å²) in [6.07, 6.45) is 13.3. The Labute approximate surface area is 189 Å². The Morgan fingerprint density at radius 2 is 0.774 bits per heavy atom. The summed E-state index contributed by atoms with van der Waals surface area (Å²) in [7, 11) is 0. The smallest absolute Gasteiger partial charge is 0.305 e. The fourth-order valence-corrected chi connectivity index (χ4v) is 3.08. The molecule has 0 aromatic rings. The molecule has 0 aliphatic rings. The lowest BCUT2D eigenvalue weighted by Crippen LogP contribution is -2.26. The van der Waals surface area contributed by atoms with E-state index in [1.165, 1.54) is 0 Å². The topological polar surface area (TPSA) is 78.9 Å². The first-order valence-corrected chi connectivity index (χ1v) is 12.5. The first-order chi connectivity index (χ1) is 15.0. The molecule has 0 bridgehead atoms. The molecule has 0 aliphatic heterocycles. The Morgan fingerprint density at radius 3 is 1.03 bits per heavy atom. The summed E-state index contributed by atoms with van der Waals surface area (Å²) < 4.78 is 16.1. The number of carbonyl (C=O) groups is 3. The minimum absolute atomic E-state index is 0.0961. The zero-order chi connectivity index (χ0) is 23.2. The van der Waals surface area contributed by atoms with Crippen LogP contribution in [0.3, 0.4) is 0 Å². The third kappa shape index (κ3) is 20.1. The Hall–Kier alpha value is -1.59. The number of unbranched alkanes of at least 4 members (excludes halogenated alkanes) is 9. The molecule has 0 unspecified atom stereocenters. The minimum Gasteiger partial charge on any atom is -0.465 e. The van der Waals surface area contributed by atoms with Crippen molar-refractivity contribution in [2.75, 3.05) is 19.8 Å². The van der Waals surface area contributed by atoms with Crippen LogP contribution in [0.4, 0.5) is 0 Å². The van der Waals surface area contributed by atoms with Gasteiger partial charge >= 0.3 is 17.9 Å². The Bertz CT molecular complexity index is 396. The van der Waals surface area contributed by atoms with Crippen molar-refractivity contribution in [2.24, 2.45) is 5.92 Å². The van der Waals surface area contributed by atoms with Crippen molar-refractivity contribution in [1.29, 1.82) is 0 Å². The van der Waals surface area contributed by atoms with Crippen LogP contribution in [0.15, 0.2) is 0 Å². The van der Waals surface area contributed by atoms with Crippen molar-refractivity contribution in [3.63, 3.8) is 0 Å². The lowest BCUT2D eigenvalue weighted by molar-refractivity contribution is -0.153. The van der Waals surface area contributed by atoms with Crippen molar-refractivity contribution in [2.45, 2.75) is 117 Å². The third-order valence-electron chi connectivity index (χ3n) is 5.14. The largest absolute Gasteiger partial charge is 0.465 e. The van der Waals surface area contributed by atoms with Gasteiger partial charge < -0.3 is 14.2 Å². The van der Waals surface area contributed by atoms with Crippen LogP contribution >= 0.6 is 0 Å². The highest BCUT2D eigenvalue weighted by Gasteiger charge is 2.17. The molecule has 0 radical (unpaired) electrons. The first kappa shape index (κ1) is 29.4. The van der Waals surface area contributed by atoms with Crippen molar-refractivity contribution >= 4 is 17.9 Å². The van der Waals surface area contributed by atoms with Gasteiger partial charge in [0.15, 0.2) is 0 Å². The molecular weight excluding hydrogens is 396 g/mol. The zero-order valence-corrected chi connectivity index (χ0v) is 20.3. The van der Waals surface area contributed by atoms with E-state index < -0.39 is 0 Å². The molecule has 0 N–H and O–H groups in total. The first-order valence-electron chi connectivity index (χ1n) is 12.5. The highest BCUT2D eigenvalue weighted by atomic mass is 16.6. The van der Waals surface area contributed by atoms with Crippen molar-refractivity contribution < 1.29 is 28.6 Å². The highest BCUT2D eigenvalue weighted by Crippen LogP contribution is 2.10. The molecule has 0 amide bonds. The van der Waals surface area contributed by atoms with Gasteiger partial charge in [0.2, 0.25) is 0 Å². The minimum atomic E-state index is -0.334. The molecule has 0 heterocycles. The number of hydrogen-bond donors (Lipinski definition) is 0. The lowest BCUT2D eigenvalue weighted by Gasteiger charge is -2.17. The molecule has 0 aliphatic carbocycles. The summed E-state index contributed by atoms with van der Waals surface area (Å²) in [5, 5.41) is 0. The number of ether oxygens (including phenoxy) is 3. The summed E-state index contributed by atoms with van der Waals surface area (Å²) in [4.78, 5) is 35.9. The second-order valence-electron chi connectivity index (χ2n) is 8.35. The summed E-state index contributed by atoms with van der Waals surface area (Å²) in [5.74, 6) is -1.09. The van der Waals surface area contributed by atoms with Gasteiger partial charge in [0.25, 0.3) is 0 Å². The van der Waals surface area contributed by atoms with E-state index in [-0.39, 0.29) is 43.6 Å². The Kier molecular flexibility index (Phi) is 20.5. The fourth-order valence-electron chi connectivity index (χ4n) is 3.08. The van der Waals surface area contributed by atoms with Crippen LogP contribution in [-0.4, -0.2) is 37.7 Å². The fraction of sp³-hybridized carbons (Fsp3) is 0.880. The average Bonchev–Trinajstić information content (AvgIpc) is 2.76. The van der Waals surface area contributed by atoms with Gasteiger partial charge in [0.05, 0.1) is 5.92 Å². The maximum atomic E-state index is 12.0. The maximum Gasteiger partial charge on any atom is 0.305 e. The van der Waals surface area contributed by atoms with E-state index in [0.29, 0.717) is 19.3 Å². The monoisotopic (exact) mass is 442 g/mol. The second kappa shape index (κ2) is 21.6. The Morgan fingerprint density at radius 1 is 0.484 bits per heavy atom. The average molecular weight is 443 g/mol. The lowest BCUT2D eigenvalue weighted by atomic mass is 10.1. The molecule has 0 aromatic carbocycles. The van der Waals surface area contributed by atoms with E-state index in [1.54, 1.807) is 0 Å². The molecule has 0 aromatic heterocycles. The second-order valence-corrected chi connectivity index (χ2v) is 8.35. The number of carbonyl (C=O) groups excluding carboxylic acids is 3. The molecule has 0 saturated heterocycles. The van der Waals surface area contributed by atoms with Crippen LogP contribution in [0.2, 0.25) is 0 Å². The van der Waals surface area contributed by atoms with Gasteiger partial charge in [-0.15, -0.1) is 0 Å². The van der Waals surface area contributed by atoms with Crippen LogP contribution in [0.1, 0.15) is 117 Å². The summed E-state index contributed by atoms with van der Waals surface area (Å²) >= 11 is 0. The van der Waals surface area contributed by atoms with Crippen molar-refractivity contribution in [3.05, 3.63) is 0 Å². The number of rotatable bonds is 21. The van der Waals surface area contributed by atoms with E-state index in [4.69, 9.17) is 14.2 Å². The molecular formula is C25H46O6. The van der Waals surface area contributed by atoms with Gasteiger partial charge in [-0.25, -0.2) is 0 Å². The molecule has 0 spiro atoms. The van der Waals surface area contributed by atoms with E-state index in [9.17, 15) is 14.4 Å². The van der Waals surface area contributed by atoms with Crippen LogP contribution in [0.25, 0.3) is 0 Å². The number of hydrogen-bond acceptors (Lipinski definition) is 6. The molecule has 0 saturated carbocycles. The van der Waals surface area contributed by atoms with Gasteiger partial charge in [-0.1, -0.05) is 78.6 Å². The zero-order valence-electron chi connectivity index (χ0n) is 20.3. The molecule has 0 rings (SSSR count). The molecule has 0 fully saturated rings. The standard InChI is InChI=1S/C25H46O6/c1-4-7-10-13-16-23(26)29-19-22(20-30-24(27)17-14-11-8-5-2)21-31-25(28)18-15-12-9-6-3/h22H,4-21H2,1-3H3. The maximum absolute atomic E-state index is 12.0. The summed E-state index contributed by atoms with van der Waals surface area (Å²) in [6, 6.07) is 0. The van der Waals surface area contributed by atoms with Crippen molar-refractivity contribution in [3.8, 4) is 0 Å². The molecule has 182 valence electrons. The predicted octanol–water partition coefficient (Wildman–Crippen LogP) is 6.14. The van der Waals surface area contributed by atoms with Crippen LogP contribution in [0, 0.1) is 5.92 Å². The predicted molar refractivity (Wildman–Crippen MR) is 123 cm³/mol. The number of esters is 3. The highest BCUT2D eigenvalue weighted by molar-refractivity contribution is 5.70. The van der Waals surface area contributed by atoms with Gasteiger partial charge in [-0.2, -0.15) is 0 Å². The quantitative estimate of drug-likeness (QED) is 0.121. The van der Waals surface area contributed by atoms with Gasteiger partial charge in [-0.3, -0.25) is 14.4 Å². The Balaban J connectivity index is 4.34. The normalized spacial score (nSPS) is 10.8. The van der Waals surface area contributed by atoms with E-state index in [1.807, 2.05) is 0 Å². The van der Waals surface area contributed by atoms with Crippen LogP contribution in [0.5, 0.6) is 0 Å². The van der Waals surface area contributed by atoms with Crippen molar-refractivity contribution in [1.82, 2.24) is 0 Å². The molecule has 6 nitrogen and oxygen atoms in total. The third-order valence-corrected chi connectivity index (χ3v) is 5.14. The van der Waals surface area contributed by atoms with Gasteiger partial charge in [0, 0.05) is 19.3 Å². The molecule has 31 heavy (non-hydrogen) atoms. The summed E-state index contributed by atoms with van der Waals surface area (Å²) in [6.45, 7) is 6.66. The SMILES string of the molecule is CCCCCCC(=O)OCC(COC(=O)CCCCCC)COC(=O)CCCCCC. The van der Waals surface area contributed by atoms with Gasteiger partial charge in [0.1, 0.15) is 19.8 Å². The molecule has 0 atom stereocenters. The van der Waals surface area contributed by atoms with E-state index in [0.717, 1.165) is 77.0 Å². The molecule has 6 heteroatoms. The van der Waals surface area contributed by atoms with Gasteiger partial charge in [-0.05, 0) is 19.3 Å². The van der Waals surface area contributed by atoms with Crippen LogP contribution < -0.4 is 0 Å². The van der Waals surface area contributed by atoms with E-state index >= 15 is 0 Å². The van der Waals surface area contributed by atoms with E-state index in [2.05, 4.69) is 20.8 Å².